The second-order valence-electron chi connectivity index (χ2n) is 5.14. The highest BCUT2D eigenvalue weighted by molar-refractivity contribution is 5.97. The van der Waals surface area contributed by atoms with E-state index in [0.717, 1.165) is 23.9 Å². The smallest absolute Gasteiger partial charge is 0.263 e. The van der Waals surface area contributed by atoms with Crippen LogP contribution >= 0.6 is 0 Å². The zero-order valence-electron chi connectivity index (χ0n) is 13.2. The molecule has 4 nitrogen and oxygen atoms in total. The highest BCUT2D eigenvalue weighted by Crippen LogP contribution is 2.20. The molecular formula is C18H14F3N3O. The summed E-state index contributed by atoms with van der Waals surface area (Å²) in [7, 11) is 0. The van der Waals surface area contributed by atoms with Crippen LogP contribution in [0.1, 0.15) is 18.5 Å². The molecule has 0 aliphatic rings. The van der Waals surface area contributed by atoms with Crippen molar-refractivity contribution in [1.29, 1.82) is 5.26 Å². The van der Waals surface area contributed by atoms with Gasteiger partial charge in [-0.15, -0.1) is 0 Å². The molecule has 2 aromatic rings. The Kier molecular flexibility index (Phi) is 5.79. The lowest BCUT2D eigenvalue weighted by atomic mass is 10.1. The van der Waals surface area contributed by atoms with E-state index < -0.39 is 29.0 Å². The molecule has 0 fully saturated rings. The monoisotopic (exact) mass is 345 g/mol. The summed E-state index contributed by atoms with van der Waals surface area (Å²) in [6, 6.07) is 12.1. The summed E-state index contributed by atoms with van der Waals surface area (Å²) in [6.45, 7) is 1.74. The van der Waals surface area contributed by atoms with Crippen LogP contribution in [0.2, 0.25) is 0 Å². The average Bonchev–Trinajstić information content (AvgIpc) is 2.62. The fourth-order valence-electron chi connectivity index (χ4n) is 2.04. The van der Waals surface area contributed by atoms with Gasteiger partial charge in [0.05, 0.1) is 11.7 Å². The maximum Gasteiger partial charge on any atom is 0.263 e. The van der Waals surface area contributed by atoms with Gasteiger partial charge < -0.3 is 10.6 Å². The SMILES string of the molecule is CC(NC(=O)/C(C#N)=C\Nc1ccc(F)c(F)c1F)c1ccccc1. The summed E-state index contributed by atoms with van der Waals surface area (Å²) in [5.74, 6) is -5.10. The minimum absolute atomic E-state index is 0.341. The van der Waals surface area contributed by atoms with E-state index in [2.05, 4.69) is 10.6 Å². The highest BCUT2D eigenvalue weighted by Gasteiger charge is 2.15. The second-order valence-corrected chi connectivity index (χ2v) is 5.14. The number of anilines is 1. The summed E-state index contributed by atoms with van der Waals surface area (Å²) in [5, 5.41) is 14.0. The molecule has 1 atom stereocenters. The standard InChI is InChI=1S/C18H14F3N3O/c1-11(12-5-3-2-4-6-12)24-18(25)13(9-22)10-23-15-8-7-14(19)16(20)17(15)21/h2-8,10-11,23H,1H3,(H,24,25)/b13-10-. The van der Waals surface area contributed by atoms with Crippen molar-refractivity contribution in [2.75, 3.05) is 5.32 Å². The summed E-state index contributed by atoms with van der Waals surface area (Å²) >= 11 is 0. The Hall–Kier alpha value is -3.27. The molecule has 0 aliphatic carbocycles. The zero-order valence-corrected chi connectivity index (χ0v) is 13.2. The number of halogens is 3. The first-order valence-corrected chi connectivity index (χ1v) is 7.30. The van der Waals surface area contributed by atoms with Crippen LogP contribution in [-0.2, 0) is 4.79 Å². The van der Waals surface area contributed by atoms with Gasteiger partial charge in [0.25, 0.3) is 5.91 Å². The van der Waals surface area contributed by atoms with E-state index in [1.54, 1.807) is 13.0 Å². The van der Waals surface area contributed by atoms with Crippen LogP contribution in [0.5, 0.6) is 0 Å². The molecule has 0 aromatic heterocycles. The lowest BCUT2D eigenvalue weighted by Gasteiger charge is -2.14. The van der Waals surface area contributed by atoms with Gasteiger partial charge in [0.15, 0.2) is 17.5 Å². The highest BCUT2D eigenvalue weighted by atomic mass is 19.2. The number of nitrogens with one attached hydrogen (secondary N) is 2. The molecule has 2 aromatic carbocycles. The number of nitrogens with zero attached hydrogens (tertiary/aromatic N) is 1. The van der Waals surface area contributed by atoms with Gasteiger partial charge in [0.2, 0.25) is 0 Å². The van der Waals surface area contributed by atoms with Crippen molar-refractivity contribution in [3.05, 3.63) is 77.3 Å². The molecule has 0 saturated heterocycles. The number of hydrogen-bond donors (Lipinski definition) is 2. The Bertz CT molecular complexity index is 845. The molecule has 0 heterocycles. The molecule has 128 valence electrons. The molecule has 1 unspecified atom stereocenters. The molecule has 0 bridgehead atoms. The van der Waals surface area contributed by atoms with Crippen molar-refractivity contribution in [1.82, 2.24) is 5.32 Å². The molecular weight excluding hydrogens is 331 g/mol. The van der Waals surface area contributed by atoms with Crippen molar-refractivity contribution < 1.29 is 18.0 Å². The van der Waals surface area contributed by atoms with Crippen molar-refractivity contribution in [3.63, 3.8) is 0 Å². The molecule has 0 aliphatic heterocycles. The third kappa shape index (κ3) is 4.38. The van der Waals surface area contributed by atoms with Crippen LogP contribution in [-0.4, -0.2) is 5.91 Å². The van der Waals surface area contributed by atoms with Gasteiger partial charge in [-0.3, -0.25) is 4.79 Å². The van der Waals surface area contributed by atoms with E-state index in [1.165, 1.54) is 0 Å². The van der Waals surface area contributed by atoms with Crippen LogP contribution in [0.4, 0.5) is 18.9 Å². The fraction of sp³-hybridized carbons (Fsp3) is 0.111. The van der Waals surface area contributed by atoms with Crippen LogP contribution in [0.15, 0.2) is 54.2 Å². The van der Waals surface area contributed by atoms with Crippen LogP contribution in [0.25, 0.3) is 0 Å². The first kappa shape index (κ1) is 18.1. The van der Waals surface area contributed by atoms with Gasteiger partial charge in [-0.2, -0.15) is 5.26 Å². The fourth-order valence-corrected chi connectivity index (χ4v) is 2.04. The third-order valence-corrected chi connectivity index (χ3v) is 3.42. The number of carbonyl (C=O) groups excluding carboxylic acids is 1. The van der Waals surface area contributed by atoms with Crippen LogP contribution < -0.4 is 10.6 Å². The van der Waals surface area contributed by atoms with Gasteiger partial charge in [0.1, 0.15) is 11.6 Å². The molecule has 0 radical (unpaired) electrons. The number of nitriles is 1. The summed E-state index contributed by atoms with van der Waals surface area (Å²) in [5.41, 5.74) is 0.107. The maximum atomic E-state index is 13.6. The van der Waals surface area contributed by atoms with E-state index in [-0.39, 0.29) is 11.6 Å². The minimum atomic E-state index is -1.64. The largest absolute Gasteiger partial charge is 0.358 e. The number of carbonyl (C=O) groups is 1. The summed E-state index contributed by atoms with van der Waals surface area (Å²) in [4.78, 5) is 12.1. The van der Waals surface area contributed by atoms with Crippen molar-refractivity contribution in [3.8, 4) is 6.07 Å². The second kappa shape index (κ2) is 8.02. The molecule has 2 N–H and O–H groups in total. The quantitative estimate of drug-likeness (QED) is 0.492. The first-order chi connectivity index (χ1) is 11.9. The van der Waals surface area contributed by atoms with Gasteiger partial charge in [-0.05, 0) is 24.6 Å². The molecule has 25 heavy (non-hydrogen) atoms. The van der Waals surface area contributed by atoms with E-state index >= 15 is 0 Å². The Balaban J connectivity index is 2.11. The van der Waals surface area contributed by atoms with Crippen molar-refractivity contribution in [2.24, 2.45) is 0 Å². The van der Waals surface area contributed by atoms with Gasteiger partial charge in [-0.1, -0.05) is 30.3 Å². The Morgan fingerprint density at radius 2 is 1.80 bits per heavy atom. The maximum absolute atomic E-state index is 13.6. The third-order valence-electron chi connectivity index (χ3n) is 3.42. The van der Waals surface area contributed by atoms with Gasteiger partial charge >= 0.3 is 0 Å². The van der Waals surface area contributed by atoms with Crippen LogP contribution in [0.3, 0.4) is 0 Å². The molecule has 0 saturated carbocycles. The number of rotatable bonds is 5. The normalized spacial score (nSPS) is 12.2. The Morgan fingerprint density at radius 1 is 1.12 bits per heavy atom. The topological polar surface area (TPSA) is 64.9 Å². The van der Waals surface area contributed by atoms with Crippen molar-refractivity contribution in [2.45, 2.75) is 13.0 Å². The number of amides is 1. The predicted molar refractivity (Wildman–Crippen MR) is 86.6 cm³/mol. The van der Waals surface area contributed by atoms with Crippen LogP contribution in [0, 0.1) is 28.8 Å². The lowest BCUT2D eigenvalue weighted by molar-refractivity contribution is -0.117. The summed E-state index contributed by atoms with van der Waals surface area (Å²) < 4.78 is 39.6. The Labute approximate surface area is 142 Å². The lowest BCUT2D eigenvalue weighted by Crippen LogP contribution is -2.28. The van der Waals surface area contributed by atoms with Crippen molar-refractivity contribution >= 4 is 11.6 Å². The summed E-state index contributed by atoms with van der Waals surface area (Å²) in [6.07, 6.45) is 0.933. The van der Waals surface area contributed by atoms with E-state index in [4.69, 9.17) is 5.26 Å². The molecule has 1 amide bonds. The van der Waals surface area contributed by atoms with E-state index in [0.29, 0.717) is 0 Å². The van der Waals surface area contributed by atoms with E-state index in [9.17, 15) is 18.0 Å². The minimum Gasteiger partial charge on any atom is -0.358 e. The number of hydrogen-bond acceptors (Lipinski definition) is 3. The number of benzene rings is 2. The molecule has 0 spiro atoms. The van der Waals surface area contributed by atoms with Gasteiger partial charge in [-0.25, -0.2) is 13.2 Å². The predicted octanol–water partition coefficient (Wildman–Crippen LogP) is 3.80. The first-order valence-electron chi connectivity index (χ1n) is 7.30. The zero-order chi connectivity index (χ0) is 18.4. The average molecular weight is 345 g/mol. The molecule has 7 heteroatoms. The molecule has 2 rings (SSSR count). The van der Waals surface area contributed by atoms with Gasteiger partial charge in [0, 0.05) is 6.20 Å². The van der Waals surface area contributed by atoms with E-state index in [1.807, 2.05) is 30.3 Å². The Morgan fingerprint density at radius 3 is 2.44 bits per heavy atom.